The standard InChI is InChI=1S/C11H20N2OS/c1-8(2)9-10(14)13(7-12-9)6-11(15-3)4-5-11/h8-9,12H,4-7H2,1-3H3. The lowest BCUT2D eigenvalue weighted by Crippen LogP contribution is -2.37. The molecule has 1 amide bonds. The maximum atomic E-state index is 12.0. The van der Waals surface area contributed by atoms with Gasteiger partial charge >= 0.3 is 0 Å². The summed E-state index contributed by atoms with van der Waals surface area (Å²) in [5.74, 6) is 0.692. The first-order valence-corrected chi connectivity index (χ1v) is 6.88. The zero-order valence-electron chi connectivity index (χ0n) is 9.75. The van der Waals surface area contributed by atoms with Crippen molar-refractivity contribution >= 4 is 17.7 Å². The van der Waals surface area contributed by atoms with E-state index in [9.17, 15) is 4.79 Å². The van der Waals surface area contributed by atoms with Gasteiger partial charge < -0.3 is 4.90 Å². The van der Waals surface area contributed by atoms with Gasteiger partial charge in [0.05, 0.1) is 12.7 Å². The van der Waals surface area contributed by atoms with Gasteiger partial charge in [-0.1, -0.05) is 13.8 Å². The molecule has 0 bridgehead atoms. The van der Waals surface area contributed by atoms with Crippen LogP contribution in [0.25, 0.3) is 0 Å². The van der Waals surface area contributed by atoms with E-state index in [4.69, 9.17) is 0 Å². The molecule has 15 heavy (non-hydrogen) atoms. The summed E-state index contributed by atoms with van der Waals surface area (Å²) in [6.07, 6.45) is 4.69. The first-order valence-electron chi connectivity index (χ1n) is 5.65. The Morgan fingerprint density at radius 1 is 1.60 bits per heavy atom. The van der Waals surface area contributed by atoms with Gasteiger partial charge in [-0.2, -0.15) is 11.8 Å². The van der Waals surface area contributed by atoms with Crippen molar-refractivity contribution in [2.75, 3.05) is 19.5 Å². The minimum Gasteiger partial charge on any atom is -0.327 e. The molecular weight excluding hydrogens is 208 g/mol. The molecule has 1 aliphatic carbocycles. The predicted molar refractivity (Wildman–Crippen MR) is 63.8 cm³/mol. The molecule has 1 saturated heterocycles. The lowest BCUT2D eigenvalue weighted by molar-refractivity contribution is -0.129. The van der Waals surface area contributed by atoms with Gasteiger partial charge in [0.15, 0.2) is 0 Å². The lowest BCUT2D eigenvalue weighted by atomic mass is 10.1. The maximum Gasteiger partial charge on any atom is 0.241 e. The largest absolute Gasteiger partial charge is 0.327 e. The third kappa shape index (κ3) is 2.16. The van der Waals surface area contributed by atoms with Crippen LogP contribution in [0.1, 0.15) is 26.7 Å². The number of hydrogen-bond donors (Lipinski definition) is 1. The van der Waals surface area contributed by atoms with Crippen LogP contribution in [-0.4, -0.2) is 41.1 Å². The van der Waals surface area contributed by atoms with E-state index in [-0.39, 0.29) is 6.04 Å². The summed E-state index contributed by atoms with van der Waals surface area (Å²) < 4.78 is 0.392. The Bertz CT molecular complexity index is 263. The molecule has 2 aliphatic rings. The molecule has 0 spiro atoms. The topological polar surface area (TPSA) is 32.3 Å². The Morgan fingerprint density at radius 2 is 2.27 bits per heavy atom. The molecule has 1 atom stereocenters. The van der Waals surface area contributed by atoms with Crippen LogP contribution >= 0.6 is 11.8 Å². The minimum absolute atomic E-state index is 0.0441. The molecule has 0 aromatic carbocycles. The number of thioether (sulfide) groups is 1. The van der Waals surface area contributed by atoms with Crippen LogP contribution in [-0.2, 0) is 4.79 Å². The van der Waals surface area contributed by atoms with E-state index in [1.165, 1.54) is 12.8 Å². The van der Waals surface area contributed by atoms with Crippen molar-refractivity contribution < 1.29 is 4.79 Å². The highest BCUT2D eigenvalue weighted by atomic mass is 32.2. The average Bonchev–Trinajstić information content (AvgIpc) is 2.87. The molecule has 2 fully saturated rings. The lowest BCUT2D eigenvalue weighted by Gasteiger charge is -2.21. The molecule has 4 heteroatoms. The van der Waals surface area contributed by atoms with Crippen molar-refractivity contribution in [3.8, 4) is 0 Å². The average molecular weight is 228 g/mol. The van der Waals surface area contributed by atoms with Gasteiger partial charge in [-0.15, -0.1) is 0 Å². The van der Waals surface area contributed by atoms with Crippen molar-refractivity contribution in [1.82, 2.24) is 10.2 Å². The van der Waals surface area contributed by atoms with E-state index in [0.29, 0.717) is 16.6 Å². The zero-order chi connectivity index (χ0) is 11.1. The molecule has 1 unspecified atom stereocenters. The number of amides is 1. The summed E-state index contributed by atoms with van der Waals surface area (Å²) in [7, 11) is 0. The van der Waals surface area contributed by atoms with Crippen LogP contribution in [0.15, 0.2) is 0 Å². The van der Waals surface area contributed by atoms with Crippen LogP contribution in [0.5, 0.6) is 0 Å². The Morgan fingerprint density at radius 3 is 2.67 bits per heavy atom. The van der Waals surface area contributed by atoms with Crippen molar-refractivity contribution in [2.45, 2.75) is 37.5 Å². The summed E-state index contributed by atoms with van der Waals surface area (Å²) in [6.45, 7) is 5.87. The van der Waals surface area contributed by atoms with E-state index in [2.05, 4.69) is 25.4 Å². The Kier molecular flexibility index (Phi) is 2.99. The molecule has 86 valence electrons. The van der Waals surface area contributed by atoms with Gasteiger partial charge in [-0.3, -0.25) is 10.1 Å². The number of carbonyl (C=O) groups excluding carboxylic acids is 1. The molecule has 1 saturated carbocycles. The number of nitrogens with zero attached hydrogens (tertiary/aromatic N) is 1. The van der Waals surface area contributed by atoms with E-state index in [1.807, 2.05) is 16.7 Å². The van der Waals surface area contributed by atoms with E-state index in [1.54, 1.807) is 0 Å². The third-order valence-corrected chi connectivity index (χ3v) is 4.87. The molecule has 0 aromatic heterocycles. The van der Waals surface area contributed by atoms with E-state index < -0.39 is 0 Å². The fourth-order valence-corrected chi connectivity index (χ4v) is 2.93. The molecule has 0 radical (unpaired) electrons. The van der Waals surface area contributed by atoms with Gasteiger partial charge in [0.2, 0.25) is 5.91 Å². The summed E-state index contributed by atoms with van der Waals surface area (Å²) >= 11 is 1.92. The van der Waals surface area contributed by atoms with Gasteiger partial charge in [0, 0.05) is 11.3 Å². The monoisotopic (exact) mass is 228 g/mol. The molecular formula is C11H20N2OS. The molecule has 2 rings (SSSR count). The minimum atomic E-state index is 0.0441. The normalized spacial score (nSPS) is 28.9. The summed E-state index contributed by atoms with van der Waals surface area (Å²) in [6, 6.07) is 0.0441. The van der Waals surface area contributed by atoms with E-state index >= 15 is 0 Å². The second-order valence-electron chi connectivity index (χ2n) is 5.01. The second kappa shape index (κ2) is 3.98. The molecule has 0 aromatic rings. The summed E-state index contributed by atoms with van der Waals surface area (Å²) in [5, 5.41) is 3.30. The van der Waals surface area contributed by atoms with Crippen LogP contribution in [0, 0.1) is 5.92 Å². The zero-order valence-corrected chi connectivity index (χ0v) is 10.6. The quantitative estimate of drug-likeness (QED) is 0.787. The number of carbonyl (C=O) groups is 1. The van der Waals surface area contributed by atoms with Crippen LogP contribution < -0.4 is 5.32 Å². The number of hydrogen-bond acceptors (Lipinski definition) is 3. The smallest absolute Gasteiger partial charge is 0.241 e. The molecule has 1 N–H and O–H groups in total. The van der Waals surface area contributed by atoms with Crippen molar-refractivity contribution in [3.63, 3.8) is 0 Å². The maximum absolute atomic E-state index is 12.0. The molecule has 3 nitrogen and oxygen atoms in total. The first kappa shape index (κ1) is 11.3. The predicted octanol–water partition coefficient (Wildman–Crippen LogP) is 1.30. The third-order valence-electron chi connectivity index (χ3n) is 3.47. The molecule has 1 heterocycles. The van der Waals surface area contributed by atoms with Crippen LogP contribution in [0.3, 0.4) is 0 Å². The fourth-order valence-electron chi connectivity index (χ4n) is 2.14. The van der Waals surface area contributed by atoms with Crippen LogP contribution in [0.2, 0.25) is 0 Å². The fraction of sp³-hybridized carbons (Fsp3) is 0.909. The van der Waals surface area contributed by atoms with Gasteiger partial charge in [-0.25, -0.2) is 0 Å². The van der Waals surface area contributed by atoms with Gasteiger partial charge in [0.1, 0.15) is 0 Å². The molecule has 1 aliphatic heterocycles. The second-order valence-corrected chi connectivity index (χ2v) is 6.28. The van der Waals surface area contributed by atoms with Gasteiger partial charge in [-0.05, 0) is 25.0 Å². The Labute approximate surface area is 96.0 Å². The van der Waals surface area contributed by atoms with Crippen molar-refractivity contribution in [1.29, 1.82) is 0 Å². The highest BCUT2D eigenvalue weighted by molar-refractivity contribution is 8.00. The Balaban J connectivity index is 1.93. The number of rotatable bonds is 4. The van der Waals surface area contributed by atoms with E-state index in [0.717, 1.165) is 13.2 Å². The van der Waals surface area contributed by atoms with Crippen molar-refractivity contribution in [3.05, 3.63) is 0 Å². The van der Waals surface area contributed by atoms with Crippen molar-refractivity contribution in [2.24, 2.45) is 5.92 Å². The van der Waals surface area contributed by atoms with Gasteiger partial charge in [0.25, 0.3) is 0 Å². The number of nitrogens with one attached hydrogen (secondary N) is 1. The highest BCUT2D eigenvalue weighted by Crippen LogP contribution is 2.47. The van der Waals surface area contributed by atoms with Crippen LogP contribution in [0.4, 0.5) is 0 Å². The summed E-state index contributed by atoms with van der Waals surface area (Å²) in [4.78, 5) is 14.0. The first-order chi connectivity index (χ1) is 7.08. The summed E-state index contributed by atoms with van der Waals surface area (Å²) in [5.41, 5.74) is 0. The Hall–Kier alpha value is -0.220. The highest BCUT2D eigenvalue weighted by Gasteiger charge is 2.46. The SMILES string of the molecule is CSC1(CN2CNC(C(C)C)C2=O)CC1.